The zero-order valence-corrected chi connectivity index (χ0v) is 16.9. The summed E-state index contributed by atoms with van der Waals surface area (Å²) in [5, 5.41) is 9.33. The highest BCUT2D eigenvalue weighted by molar-refractivity contribution is 5.85. The maximum atomic E-state index is 5.51. The molecule has 1 saturated heterocycles. The van der Waals surface area contributed by atoms with Gasteiger partial charge in [0.2, 0.25) is 0 Å². The van der Waals surface area contributed by atoms with E-state index in [0.717, 1.165) is 42.6 Å². The van der Waals surface area contributed by atoms with Gasteiger partial charge in [0, 0.05) is 37.8 Å². The molecule has 3 aromatic rings. The molecule has 2 N–H and O–H groups in total. The molecule has 0 saturated carbocycles. The summed E-state index contributed by atoms with van der Waals surface area (Å²) in [5.74, 6) is 1.71. The number of anilines is 1. The van der Waals surface area contributed by atoms with Gasteiger partial charge < -0.3 is 20.3 Å². The van der Waals surface area contributed by atoms with Crippen LogP contribution in [-0.2, 0) is 6.54 Å². The predicted molar refractivity (Wildman–Crippen MR) is 119 cm³/mol. The van der Waals surface area contributed by atoms with Crippen molar-refractivity contribution in [2.24, 2.45) is 4.99 Å². The standard InChI is InChI=1S/C23H27N5O/c1-24-23(26-15-20-19-8-4-3-7-17(19)11-13-25-20)27-18-12-14-28(16-18)21-9-5-6-10-22(21)29-2/h3-11,13,18H,12,14-16H2,1-2H3,(H2,24,26,27). The van der Waals surface area contributed by atoms with Crippen LogP contribution >= 0.6 is 0 Å². The third-order valence-corrected chi connectivity index (χ3v) is 5.36. The van der Waals surface area contributed by atoms with Gasteiger partial charge in [0.1, 0.15) is 5.75 Å². The van der Waals surface area contributed by atoms with Crippen LogP contribution in [0, 0.1) is 0 Å². The van der Waals surface area contributed by atoms with E-state index in [4.69, 9.17) is 4.74 Å². The Morgan fingerprint density at radius 1 is 1.17 bits per heavy atom. The summed E-state index contributed by atoms with van der Waals surface area (Å²) in [6.07, 6.45) is 2.91. The van der Waals surface area contributed by atoms with E-state index in [-0.39, 0.29) is 0 Å². The van der Waals surface area contributed by atoms with E-state index in [0.29, 0.717) is 12.6 Å². The Balaban J connectivity index is 1.37. The summed E-state index contributed by atoms with van der Waals surface area (Å²) in [4.78, 5) is 11.3. The number of hydrogen-bond donors (Lipinski definition) is 2. The molecule has 2 heterocycles. The number of guanidine groups is 1. The first-order chi connectivity index (χ1) is 14.3. The molecule has 0 amide bonds. The molecular weight excluding hydrogens is 362 g/mol. The number of methoxy groups -OCH3 is 1. The fraction of sp³-hybridized carbons (Fsp3) is 0.304. The number of fused-ring (bicyclic) bond motifs is 1. The van der Waals surface area contributed by atoms with Gasteiger partial charge >= 0.3 is 0 Å². The largest absolute Gasteiger partial charge is 0.495 e. The Kier molecular flexibility index (Phi) is 5.79. The van der Waals surface area contributed by atoms with E-state index < -0.39 is 0 Å². The van der Waals surface area contributed by atoms with E-state index >= 15 is 0 Å². The van der Waals surface area contributed by atoms with E-state index in [1.54, 1.807) is 14.2 Å². The minimum atomic E-state index is 0.326. The number of aromatic nitrogens is 1. The molecule has 150 valence electrons. The first-order valence-corrected chi connectivity index (χ1v) is 9.96. The van der Waals surface area contributed by atoms with Crippen LogP contribution in [0.5, 0.6) is 5.75 Å². The molecule has 0 aliphatic carbocycles. The van der Waals surface area contributed by atoms with Crippen molar-refractivity contribution < 1.29 is 4.74 Å². The van der Waals surface area contributed by atoms with Crippen LogP contribution in [0.2, 0.25) is 0 Å². The molecule has 1 aliphatic rings. The molecule has 2 aromatic carbocycles. The third kappa shape index (κ3) is 4.26. The van der Waals surface area contributed by atoms with Crippen LogP contribution in [0.4, 0.5) is 5.69 Å². The first-order valence-electron chi connectivity index (χ1n) is 9.96. The lowest BCUT2D eigenvalue weighted by atomic mass is 10.1. The lowest BCUT2D eigenvalue weighted by Crippen LogP contribution is -2.44. The SMILES string of the molecule is CN=C(NCc1nccc2ccccc12)NC1CCN(c2ccccc2OC)C1. The number of nitrogens with zero attached hydrogens (tertiary/aromatic N) is 3. The summed E-state index contributed by atoms with van der Waals surface area (Å²) in [6.45, 7) is 2.53. The second-order valence-corrected chi connectivity index (χ2v) is 7.15. The van der Waals surface area contributed by atoms with Crippen LogP contribution in [0.25, 0.3) is 10.8 Å². The highest BCUT2D eigenvalue weighted by atomic mass is 16.5. The van der Waals surface area contributed by atoms with Crippen molar-refractivity contribution in [3.8, 4) is 5.75 Å². The van der Waals surface area contributed by atoms with Gasteiger partial charge in [-0.15, -0.1) is 0 Å². The minimum absolute atomic E-state index is 0.326. The van der Waals surface area contributed by atoms with Gasteiger partial charge in [0.15, 0.2) is 5.96 Å². The first kappa shape index (κ1) is 19.1. The van der Waals surface area contributed by atoms with Crippen molar-refractivity contribution in [2.45, 2.75) is 19.0 Å². The predicted octanol–water partition coefficient (Wildman–Crippen LogP) is 3.19. The fourth-order valence-corrected chi connectivity index (χ4v) is 3.87. The van der Waals surface area contributed by atoms with Crippen molar-refractivity contribution in [2.75, 3.05) is 32.1 Å². The molecule has 1 fully saturated rings. The van der Waals surface area contributed by atoms with Gasteiger partial charge in [0.25, 0.3) is 0 Å². The zero-order valence-electron chi connectivity index (χ0n) is 16.9. The average molecular weight is 390 g/mol. The molecule has 0 radical (unpaired) electrons. The Labute approximate surface area is 171 Å². The number of hydrogen-bond acceptors (Lipinski definition) is 4. The summed E-state index contributed by atoms with van der Waals surface area (Å²) >= 11 is 0. The monoisotopic (exact) mass is 389 g/mol. The molecule has 1 atom stereocenters. The van der Waals surface area contributed by atoms with Crippen LogP contribution in [0.1, 0.15) is 12.1 Å². The highest BCUT2D eigenvalue weighted by Crippen LogP contribution is 2.30. The second kappa shape index (κ2) is 8.82. The summed E-state index contributed by atoms with van der Waals surface area (Å²) in [7, 11) is 3.52. The summed E-state index contributed by atoms with van der Waals surface area (Å²) in [5.41, 5.74) is 2.16. The highest BCUT2D eigenvalue weighted by Gasteiger charge is 2.25. The molecule has 1 aliphatic heterocycles. The molecule has 4 rings (SSSR count). The second-order valence-electron chi connectivity index (χ2n) is 7.15. The van der Waals surface area contributed by atoms with Crippen molar-refractivity contribution in [1.82, 2.24) is 15.6 Å². The summed E-state index contributed by atoms with van der Waals surface area (Å²) < 4.78 is 5.51. The quantitative estimate of drug-likeness (QED) is 0.518. The smallest absolute Gasteiger partial charge is 0.191 e. The van der Waals surface area contributed by atoms with Crippen LogP contribution < -0.4 is 20.3 Å². The molecule has 0 bridgehead atoms. The van der Waals surface area contributed by atoms with Crippen molar-refractivity contribution >= 4 is 22.4 Å². The Morgan fingerprint density at radius 2 is 2.00 bits per heavy atom. The molecule has 6 nitrogen and oxygen atoms in total. The Morgan fingerprint density at radius 3 is 2.86 bits per heavy atom. The van der Waals surface area contributed by atoms with Gasteiger partial charge in [-0.25, -0.2) is 0 Å². The van der Waals surface area contributed by atoms with E-state index in [9.17, 15) is 0 Å². The van der Waals surface area contributed by atoms with E-state index in [2.05, 4.69) is 49.8 Å². The normalized spacial score (nSPS) is 16.8. The number of para-hydroxylation sites is 2. The number of rotatable bonds is 5. The summed E-state index contributed by atoms with van der Waals surface area (Å²) in [6, 6.07) is 18.9. The maximum Gasteiger partial charge on any atom is 0.191 e. The van der Waals surface area contributed by atoms with Gasteiger partial charge in [-0.2, -0.15) is 0 Å². The van der Waals surface area contributed by atoms with Gasteiger partial charge in [-0.05, 0) is 30.0 Å². The number of ether oxygens (including phenoxy) is 1. The van der Waals surface area contributed by atoms with Crippen molar-refractivity contribution in [1.29, 1.82) is 0 Å². The zero-order chi connectivity index (χ0) is 20.1. The van der Waals surface area contributed by atoms with Gasteiger partial charge in [0.05, 0.1) is 25.0 Å². The molecular formula is C23H27N5O. The Bertz CT molecular complexity index is 998. The van der Waals surface area contributed by atoms with Gasteiger partial charge in [-0.1, -0.05) is 36.4 Å². The fourth-order valence-electron chi connectivity index (χ4n) is 3.87. The van der Waals surface area contributed by atoms with Crippen molar-refractivity contribution in [3.63, 3.8) is 0 Å². The van der Waals surface area contributed by atoms with E-state index in [1.165, 1.54) is 10.8 Å². The van der Waals surface area contributed by atoms with Crippen LogP contribution in [0.15, 0.2) is 65.8 Å². The number of pyridine rings is 1. The lowest BCUT2D eigenvalue weighted by Gasteiger charge is -2.22. The van der Waals surface area contributed by atoms with Crippen LogP contribution in [-0.4, -0.2) is 44.2 Å². The van der Waals surface area contributed by atoms with Crippen molar-refractivity contribution in [3.05, 3.63) is 66.5 Å². The Hall–Kier alpha value is -3.28. The number of benzene rings is 2. The van der Waals surface area contributed by atoms with Gasteiger partial charge in [-0.3, -0.25) is 9.98 Å². The molecule has 1 unspecified atom stereocenters. The van der Waals surface area contributed by atoms with E-state index in [1.807, 2.05) is 36.5 Å². The minimum Gasteiger partial charge on any atom is -0.495 e. The molecule has 1 aromatic heterocycles. The number of aliphatic imine (C=N–C) groups is 1. The van der Waals surface area contributed by atoms with Crippen LogP contribution in [0.3, 0.4) is 0 Å². The number of nitrogens with one attached hydrogen (secondary N) is 2. The third-order valence-electron chi connectivity index (χ3n) is 5.36. The topological polar surface area (TPSA) is 61.8 Å². The molecule has 0 spiro atoms. The average Bonchev–Trinajstić information content (AvgIpc) is 3.25. The maximum absolute atomic E-state index is 5.51. The molecule has 29 heavy (non-hydrogen) atoms. The lowest BCUT2D eigenvalue weighted by molar-refractivity contribution is 0.415. The molecule has 6 heteroatoms.